The molecule has 0 aromatic carbocycles. The van der Waals surface area contributed by atoms with Crippen molar-refractivity contribution in [2.24, 2.45) is 0 Å². The highest BCUT2D eigenvalue weighted by Gasteiger charge is 2.31. The highest BCUT2D eigenvalue weighted by molar-refractivity contribution is 7.93. The number of hydrogen-bond acceptors (Lipinski definition) is 6. The van der Waals surface area contributed by atoms with Gasteiger partial charge in [-0.25, -0.2) is 18.2 Å². The SMILES string of the molecule is Cc1oc(C)c(S(=O)(=O)Nc2nccs2)c1C(=O)O. The lowest BCUT2D eigenvalue weighted by Crippen LogP contribution is -2.16. The van der Waals surface area contributed by atoms with Gasteiger partial charge in [-0.05, 0) is 13.8 Å². The van der Waals surface area contributed by atoms with Crippen molar-refractivity contribution in [1.82, 2.24) is 4.98 Å². The van der Waals surface area contributed by atoms with E-state index in [0.717, 1.165) is 11.3 Å². The number of aromatic nitrogens is 1. The van der Waals surface area contributed by atoms with Gasteiger partial charge in [-0.3, -0.25) is 4.72 Å². The first kappa shape index (κ1) is 13.6. The number of sulfonamides is 1. The highest BCUT2D eigenvalue weighted by Crippen LogP contribution is 2.28. The van der Waals surface area contributed by atoms with Crippen molar-refractivity contribution in [2.45, 2.75) is 18.7 Å². The largest absolute Gasteiger partial charge is 0.478 e. The Kier molecular flexibility index (Phi) is 3.33. The van der Waals surface area contributed by atoms with Crippen molar-refractivity contribution >= 4 is 32.5 Å². The molecule has 2 N–H and O–H groups in total. The van der Waals surface area contributed by atoms with Crippen LogP contribution in [0, 0.1) is 13.8 Å². The lowest BCUT2D eigenvalue weighted by molar-refractivity contribution is 0.0691. The topological polar surface area (TPSA) is 110 Å². The van der Waals surface area contributed by atoms with E-state index in [1.165, 1.54) is 20.0 Å². The second-order valence-electron chi connectivity index (χ2n) is 3.67. The molecule has 7 nitrogen and oxygen atoms in total. The van der Waals surface area contributed by atoms with E-state index in [0.29, 0.717) is 0 Å². The zero-order chi connectivity index (χ0) is 14.2. The van der Waals surface area contributed by atoms with E-state index in [1.54, 1.807) is 5.38 Å². The van der Waals surface area contributed by atoms with Crippen LogP contribution in [0.15, 0.2) is 20.9 Å². The maximum absolute atomic E-state index is 12.2. The van der Waals surface area contributed by atoms with Crippen molar-refractivity contribution in [3.05, 3.63) is 28.7 Å². The Morgan fingerprint density at radius 3 is 2.63 bits per heavy atom. The summed E-state index contributed by atoms with van der Waals surface area (Å²) in [5.41, 5.74) is -0.360. The van der Waals surface area contributed by atoms with Gasteiger partial charge >= 0.3 is 5.97 Å². The lowest BCUT2D eigenvalue weighted by atomic mass is 10.2. The van der Waals surface area contributed by atoms with Gasteiger partial charge in [0.15, 0.2) is 5.13 Å². The molecule has 0 bridgehead atoms. The van der Waals surface area contributed by atoms with Crippen LogP contribution in [-0.2, 0) is 10.0 Å². The molecule has 0 saturated carbocycles. The number of thiazole rings is 1. The standard InChI is InChI=1S/C10H10N2O5S2/c1-5-7(9(13)14)8(6(2)17-5)19(15,16)12-10-11-3-4-18-10/h3-4H,1-2H3,(H,11,12)(H,13,14). The summed E-state index contributed by atoms with van der Waals surface area (Å²) in [5.74, 6) is -1.28. The van der Waals surface area contributed by atoms with Gasteiger partial charge in [0.1, 0.15) is 22.0 Å². The lowest BCUT2D eigenvalue weighted by Gasteiger charge is -2.04. The van der Waals surface area contributed by atoms with Crippen LogP contribution in [0.25, 0.3) is 0 Å². The molecule has 2 rings (SSSR count). The Balaban J connectivity index is 2.55. The molecule has 102 valence electrons. The van der Waals surface area contributed by atoms with E-state index in [4.69, 9.17) is 9.52 Å². The molecule has 9 heteroatoms. The van der Waals surface area contributed by atoms with Crippen LogP contribution in [-0.4, -0.2) is 24.5 Å². The van der Waals surface area contributed by atoms with Crippen molar-refractivity contribution < 1.29 is 22.7 Å². The maximum atomic E-state index is 12.2. The number of furan rings is 1. The fourth-order valence-corrected chi connectivity index (χ4v) is 3.87. The minimum absolute atomic E-state index is 0.0268. The van der Waals surface area contributed by atoms with Crippen LogP contribution in [0.3, 0.4) is 0 Å². The first-order valence-corrected chi connectivity index (χ1v) is 7.45. The maximum Gasteiger partial charge on any atom is 0.340 e. The Morgan fingerprint density at radius 1 is 1.42 bits per heavy atom. The average molecular weight is 302 g/mol. The molecule has 0 spiro atoms. The monoisotopic (exact) mass is 302 g/mol. The number of rotatable bonds is 4. The molecule has 2 aromatic heterocycles. The molecular formula is C10H10N2O5S2. The Hall–Kier alpha value is -1.87. The Labute approximate surface area is 113 Å². The fraction of sp³-hybridized carbons (Fsp3) is 0.200. The molecule has 2 heterocycles. The molecule has 2 aromatic rings. The molecule has 0 aliphatic heterocycles. The van der Waals surface area contributed by atoms with Gasteiger partial charge in [-0.1, -0.05) is 0 Å². The van der Waals surface area contributed by atoms with E-state index in [1.807, 2.05) is 0 Å². The third kappa shape index (κ3) is 2.47. The normalized spacial score (nSPS) is 11.5. The Morgan fingerprint density at radius 2 is 2.11 bits per heavy atom. The first-order chi connectivity index (χ1) is 8.83. The molecule has 0 saturated heterocycles. The quantitative estimate of drug-likeness (QED) is 0.892. The van der Waals surface area contributed by atoms with Crippen LogP contribution in [0.2, 0.25) is 0 Å². The summed E-state index contributed by atoms with van der Waals surface area (Å²) in [5, 5.41) is 10.8. The molecular weight excluding hydrogens is 292 g/mol. The van der Waals surface area contributed by atoms with Gasteiger partial charge in [0.2, 0.25) is 0 Å². The minimum Gasteiger partial charge on any atom is -0.478 e. The summed E-state index contributed by atoms with van der Waals surface area (Å²) in [6.45, 7) is 2.80. The molecule has 0 aliphatic rings. The smallest absolute Gasteiger partial charge is 0.340 e. The van der Waals surface area contributed by atoms with Crippen molar-refractivity contribution in [3.63, 3.8) is 0 Å². The zero-order valence-corrected chi connectivity index (χ0v) is 11.6. The average Bonchev–Trinajstić information content (AvgIpc) is 2.85. The molecule has 0 unspecified atom stereocenters. The third-order valence-electron chi connectivity index (χ3n) is 2.34. The number of anilines is 1. The van der Waals surface area contributed by atoms with E-state index < -0.39 is 16.0 Å². The predicted molar refractivity (Wildman–Crippen MR) is 68.1 cm³/mol. The number of aryl methyl sites for hydroxylation is 2. The van der Waals surface area contributed by atoms with E-state index in [2.05, 4.69) is 9.71 Å². The second kappa shape index (κ2) is 4.67. The summed E-state index contributed by atoms with van der Waals surface area (Å²) in [4.78, 5) is 14.6. The van der Waals surface area contributed by atoms with Gasteiger partial charge in [-0.15, -0.1) is 11.3 Å². The number of aromatic carboxylic acids is 1. The number of carboxylic acids is 1. The summed E-state index contributed by atoms with van der Waals surface area (Å²) in [6, 6.07) is 0. The van der Waals surface area contributed by atoms with E-state index >= 15 is 0 Å². The van der Waals surface area contributed by atoms with Gasteiger partial charge in [0.25, 0.3) is 10.0 Å². The summed E-state index contributed by atoms with van der Waals surface area (Å²) >= 11 is 1.09. The number of carboxylic acid groups (broad SMARTS) is 1. The summed E-state index contributed by atoms with van der Waals surface area (Å²) < 4.78 is 31.7. The summed E-state index contributed by atoms with van der Waals surface area (Å²) in [7, 11) is -4.05. The van der Waals surface area contributed by atoms with Crippen LogP contribution in [0.1, 0.15) is 21.9 Å². The van der Waals surface area contributed by atoms with Gasteiger partial charge < -0.3 is 9.52 Å². The number of carbonyl (C=O) groups is 1. The molecule has 0 amide bonds. The van der Waals surface area contributed by atoms with Gasteiger partial charge in [-0.2, -0.15) is 0 Å². The fourth-order valence-electron chi connectivity index (χ4n) is 1.67. The molecule has 0 fully saturated rings. The summed E-state index contributed by atoms with van der Waals surface area (Å²) in [6.07, 6.45) is 1.44. The number of nitrogens with zero attached hydrogens (tertiary/aromatic N) is 1. The predicted octanol–water partition coefficient (Wildman–Crippen LogP) is 1.85. The van der Waals surface area contributed by atoms with E-state index in [9.17, 15) is 13.2 Å². The number of nitrogens with one attached hydrogen (secondary N) is 1. The van der Waals surface area contributed by atoms with Crippen LogP contribution in [0.5, 0.6) is 0 Å². The van der Waals surface area contributed by atoms with Crippen LogP contribution >= 0.6 is 11.3 Å². The van der Waals surface area contributed by atoms with Crippen LogP contribution in [0.4, 0.5) is 5.13 Å². The molecule has 0 atom stereocenters. The number of hydrogen-bond donors (Lipinski definition) is 2. The molecule has 0 aliphatic carbocycles. The Bertz CT molecular complexity index is 715. The van der Waals surface area contributed by atoms with Crippen molar-refractivity contribution in [3.8, 4) is 0 Å². The van der Waals surface area contributed by atoms with E-state index in [-0.39, 0.29) is 27.1 Å². The highest BCUT2D eigenvalue weighted by atomic mass is 32.2. The zero-order valence-electron chi connectivity index (χ0n) is 10.00. The first-order valence-electron chi connectivity index (χ1n) is 5.08. The minimum atomic E-state index is -4.05. The van der Waals surface area contributed by atoms with Crippen molar-refractivity contribution in [2.75, 3.05) is 4.72 Å². The van der Waals surface area contributed by atoms with Gasteiger partial charge in [0.05, 0.1) is 0 Å². The second-order valence-corrected chi connectivity index (χ2v) is 6.18. The van der Waals surface area contributed by atoms with Crippen molar-refractivity contribution in [1.29, 1.82) is 0 Å². The van der Waals surface area contributed by atoms with Gasteiger partial charge in [0, 0.05) is 11.6 Å². The van der Waals surface area contributed by atoms with Crippen LogP contribution < -0.4 is 4.72 Å². The molecule has 0 radical (unpaired) electrons. The molecule has 19 heavy (non-hydrogen) atoms. The third-order valence-corrected chi connectivity index (χ3v) is 4.65.